The summed E-state index contributed by atoms with van der Waals surface area (Å²) in [6.45, 7) is 0. The molecule has 0 fully saturated rings. The highest BCUT2D eigenvalue weighted by atomic mass is 35.5. The van der Waals surface area contributed by atoms with Crippen LogP contribution in [-0.4, -0.2) is 12.1 Å². The molecule has 0 spiro atoms. The topological polar surface area (TPSA) is 22.1 Å². The smallest absolute Gasteiger partial charge is 0.416 e. The minimum Gasteiger partial charge on any atom is -0.497 e. The highest BCUT2D eigenvalue weighted by molar-refractivity contribution is 6.29. The number of hydrogen-bond acceptors (Lipinski definition) is 2. The van der Waals surface area contributed by atoms with Crippen molar-refractivity contribution in [2.45, 2.75) is 6.18 Å². The third kappa shape index (κ3) is 3.17. The van der Waals surface area contributed by atoms with Crippen LogP contribution in [0.2, 0.25) is 5.15 Å². The quantitative estimate of drug-likeness (QED) is 0.762. The number of halogens is 4. The average Bonchev–Trinajstić information content (AvgIpc) is 2.37. The standard InChI is InChI=1S/C13H9ClF3NO/c1-19-10-4-2-3-8(5-10)11-6-9(13(15,16)17)7-12(14)18-11/h2-7H,1H3. The van der Waals surface area contributed by atoms with Gasteiger partial charge in [0.2, 0.25) is 0 Å². The Labute approximate surface area is 112 Å². The zero-order valence-electron chi connectivity index (χ0n) is 9.83. The van der Waals surface area contributed by atoms with Crippen LogP contribution >= 0.6 is 11.6 Å². The normalized spacial score (nSPS) is 11.4. The molecule has 6 heteroatoms. The summed E-state index contributed by atoms with van der Waals surface area (Å²) in [5, 5.41) is -0.201. The van der Waals surface area contributed by atoms with Crippen LogP contribution in [0.3, 0.4) is 0 Å². The minimum atomic E-state index is -4.46. The predicted octanol–water partition coefficient (Wildman–Crippen LogP) is 4.43. The monoisotopic (exact) mass is 287 g/mol. The Morgan fingerprint density at radius 1 is 1.16 bits per heavy atom. The second-order valence-electron chi connectivity index (χ2n) is 3.79. The third-order valence-electron chi connectivity index (χ3n) is 2.49. The fourth-order valence-electron chi connectivity index (χ4n) is 1.59. The Morgan fingerprint density at radius 2 is 1.89 bits per heavy atom. The number of alkyl halides is 3. The predicted molar refractivity (Wildman–Crippen MR) is 66.2 cm³/mol. The fraction of sp³-hybridized carbons (Fsp3) is 0.154. The van der Waals surface area contributed by atoms with Gasteiger partial charge in [0, 0.05) is 5.56 Å². The van der Waals surface area contributed by atoms with E-state index in [0.717, 1.165) is 12.1 Å². The lowest BCUT2D eigenvalue weighted by Gasteiger charge is -2.10. The lowest BCUT2D eigenvalue weighted by molar-refractivity contribution is -0.137. The largest absolute Gasteiger partial charge is 0.497 e. The Bertz CT molecular complexity index is 599. The van der Waals surface area contributed by atoms with Gasteiger partial charge in [-0.05, 0) is 24.3 Å². The van der Waals surface area contributed by atoms with E-state index in [9.17, 15) is 13.2 Å². The highest BCUT2D eigenvalue weighted by Crippen LogP contribution is 2.33. The average molecular weight is 288 g/mol. The maximum Gasteiger partial charge on any atom is 0.416 e. The lowest BCUT2D eigenvalue weighted by atomic mass is 10.1. The molecule has 1 heterocycles. The summed E-state index contributed by atoms with van der Waals surface area (Å²) in [5.41, 5.74) is -0.170. The SMILES string of the molecule is COc1cccc(-c2cc(C(F)(F)F)cc(Cl)n2)c1. The van der Waals surface area contributed by atoms with Crippen LogP contribution in [0.5, 0.6) is 5.75 Å². The molecule has 0 atom stereocenters. The van der Waals surface area contributed by atoms with Gasteiger partial charge in [-0.25, -0.2) is 4.98 Å². The van der Waals surface area contributed by atoms with Crippen molar-refractivity contribution < 1.29 is 17.9 Å². The fourth-order valence-corrected chi connectivity index (χ4v) is 1.80. The molecule has 0 N–H and O–H groups in total. The molecule has 0 radical (unpaired) electrons. The Morgan fingerprint density at radius 3 is 2.53 bits per heavy atom. The van der Waals surface area contributed by atoms with Crippen molar-refractivity contribution in [3.05, 3.63) is 47.1 Å². The molecule has 0 aliphatic heterocycles. The summed E-state index contributed by atoms with van der Waals surface area (Å²) in [6, 6.07) is 8.36. The van der Waals surface area contributed by atoms with E-state index in [1.54, 1.807) is 24.3 Å². The van der Waals surface area contributed by atoms with Gasteiger partial charge in [0.25, 0.3) is 0 Å². The number of ether oxygens (including phenoxy) is 1. The zero-order chi connectivity index (χ0) is 14.0. The van der Waals surface area contributed by atoms with E-state index in [1.165, 1.54) is 7.11 Å². The molecule has 19 heavy (non-hydrogen) atoms. The van der Waals surface area contributed by atoms with E-state index in [4.69, 9.17) is 16.3 Å². The van der Waals surface area contributed by atoms with Gasteiger partial charge < -0.3 is 4.74 Å². The van der Waals surface area contributed by atoms with Gasteiger partial charge in [0.05, 0.1) is 18.4 Å². The first-order valence-electron chi connectivity index (χ1n) is 5.29. The molecule has 100 valence electrons. The van der Waals surface area contributed by atoms with Gasteiger partial charge in [-0.2, -0.15) is 13.2 Å². The molecule has 0 bridgehead atoms. The summed E-state index contributed by atoms with van der Waals surface area (Å²) < 4.78 is 43.1. The molecule has 1 aromatic carbocycles. The van der Waals surface area contributed by atoms with Gasteiger partial charge in [-0.1, -0.05) is 23.7 Å². The summed E-state index contributed by atoms with van der Waals surface area (Å²) in [7, 11) is 1.48. The van der Waals surface area contributed by atoms with Crippen LogP contribution in [0.25, 0.3) is 11.3 Å². The molecule has 2 nitrogen and oxygen atoms in total. The highest BCUT2D eigenvalue weighted by Gasteiger charge is 2.31. The molecular weight excluding hydrogens is 279 g/mol. The van der Waals surface area contributed by atoms with E-state index < -0.39 is 11.7 Å². The summed E-state index contributed by atoms with van der Waals surface area (Å²) >= 11 is 5.64. The maximum atomic E-state index is 12.7. The molecule has 0 saturated heterocycles. The second kappa shape index (κ2) is 5.09. The number of aromatic nitrogens is 1. The van der Waals surface area contributed by atoms with Crippen LogP contribution in [0, 0.1) is 0 Å². The van der Waals surface area contributed by atoms with Gasteiger partial charge in [-0.15, -0.1) is 0 Å². The molecule has 2 aromatic rings. The third-order valence-corrected chi connectivity index (χ3v) is 2.68. The van der Waals surface area contributed by atoms with Gasteiger partial charge in [-0.3, -0.25) is 0 Å². The second-order valence-corrected chi connectivity index (χ2v) is 4.18. The molecular formula is C13H9ClF3NO. The van der Waals surface area contributed by atoms with Crippen LogP contribution in [-0.2, 0) is 6.18 Å². The molecule has 1 aromatic heterocycles. The zero-order valence-corrected chi connectivity index (χ0v) is 10.6. The summed E-state index contributed by atoms with van der Waals surface area (Å²) in [4.78, 5) is 3.90. The lowest BCUT2D eigenvalue weighted by Crippen LogP contribution is -2.05. The van der Waals surface area contributed by atoms with Crippen LogP contribution in [0.1, 0.15) is 5.56 Å². The van der Waals surface area contributed by atoms with Crippen molar-refractivity contribution in [3.8, 4) is 17.0 Å². The maximum absolute atomic E-state index is 12.7. The molecule has 0 saturated carbocycles. The van der Waals surface area contributed by atoms with Crippen molar-refractivity contribution in [1.29, 1.82) is 0 Å². The van der Waals surface area contributed by atoms with Crippen molar-refractivity contribution in [2.24, 2.45) is 0 Å². The number of methoxy groups -OCH3 is 1. The van der Waals surface area contributed by atoms with E-state index in [2.05, 4.69) is 4.98 Å². The number of rotatable bonds is 2. The van der Waals surface area contributed by atoms with Crippen molar-refractivity contribution in [3.63, 3.8) is 0 Å². The van der Waals surface area contributed by atoms with Crippen LogP contribution in [0.15, 0.2) is 36.4 Å². The van der Waals surface area contributed by atoms with E-state index in [0.29, 0.717) is 11.3 Å². The van der Waals surface area contributed by atoms with Gasteiger partial charge >= 0.3 is 6.18 Å². The molecule has 0 unspecified atom stereocenters. The summed E-state index contributed by atoms with van der Waals surface area (Å²) in [6.07, 6.45) is -4.46. The van der Waals surface area contributed by atoms with E-state index in [1.807, 2.05) is 0 Å². The van der Waals surface area contributed by atoms with Crippen LogP contribution < -0.4 is 4.74 Å². The Kier molecular flexibility index (Phi) is 3.66. The Balaban J connectivity index is 2.53. The van der Waals surface area contributed by atoms with Crippen molar-refractivity contribution >= 4 is 11.6 Å². The first kappa shape index (κ1) is 13.7. The Hall–Kier alpha value is -1.75. The summed E-state index contributed by atoms with van der Waals surface area (Å²) in [5.74, 6) is 0.535. The van der Waals surface area contributed by atoms with Gasteiger partial charge in [0.1, 0.15) is 10.9 Å². The van der Waals surface area contributed by atoms with Crippen LogP contribution in [0.4, 0.5) is 13.2 Å². The van der Waals surface area contributed by atoms with Crippen molar-refractivity contribution in [2.75, 3.05) is 7.11 Å². The molecule has 0 amide bonds. The molecule has 0 aliphatic rings. The molecule has 2 rings (SSSR count). The number of nitrogens with zero attached hydrogens (tertiary/aromatic N) is 1. The van der Waals surface area contributed by atoms with E-state index >= 15 is 0 Å². The molecule has 0 aliphatic carbocycles. The van der Waals surface area contributed by atoms with E-state index in [-0.39, 0.29) is 10.8 Å². The number of hydrogen-bond donors (Lipinski definition) is 0. The minimum absolute atomic E-state index is 0.152. The first-order chi connectivity index (χ1) is 8.90. The number of benzene rings is 1. The van der Waals surface area contributed by atoms with Crippen molar-refractivity contribution in [1.82, 2.24) is 4.98 Å². The van der Waals surface area contributed by atoms with Gasteiger partial charge in [0.15, 0.2) is 0 Å². The first-order valence-corrected chi connectivity index (χ1v) is 5.67. The number of pyridine rings is 1.